The number of aromatic carboxylic acids is 1. The van der Waals surface area contributed by atoms with Crippen LogP contribution in [-0.2, 0) is 4.74 Å². The SMILES string of the molecule is Cc1ccc([C@H](OC(=O)c2ccccc2)c2ccc(-c3ccccc3C(=O)O)cc2)n2cc(C3CC3)nc12. The van der Waals surface area contributed by atoms with Crippen molar-refractivity contribution in [3.8, 4) is 11.1 Å². The van der Waals surface area contributed by atoms with E-state index in [4.69, 9.17) is 9.72 Å². The van der Waals surface area contributed by atoms with Gasteiger partial charge in [0.15, 0.2) is 6.10 Å². The van der Waals surface area contributed by atoms with Crippen LogP contribution in [0.1, 0.15) is 68.1 Å². The zero-order valence-corrected chi connectivity index (χ0v) is 20.9. The highest BCUT2D eigenvalue weighted by molar-refractivity contribution is 5.96. The summed E-state index contributed by atoms with van der Waals surface area (Å²) in [7, 11) is 0. The number of carboxylic acid groups (broad SMARTS) is 1. The van der Waals surface area contributed by atoms with Gasteiger partial charge >= 0.3 is 11.9 Å². The van der Waals surface area contributed by atoms with Crippen LogP contribution in [0.3, 0.4) is 0 Å². The van der Waals surface area contributed by atoms with E-state index in [9.17, 15) is 14.7 Å². The molecule has 1 saturated carbocycles. The molecule has 0 aliphatic heterocycles. The Morgan fingerprint density at radius 2 is 1.63 bits per heavy atom. The number of aromatic nitrogens is 2. The highest BCUT2D eigenvalue weighted by Crippen LogP contribution is 2.40. The summed E-state index contributed by atoms with van der Waals surface area (Å²) in [5.41, 5.74) is 6.65. The standard InChI is InChI=1S/C32H26N2O4/c1-20-11-18-28(34-19-27(22-14-15-22)33-30(20)34)29(38-32(37)24-7-3-2-4-8-24)23-16-12-21(13-17-23)25-9-5-6-10-26(25)31(35)36/h2-13,16-19,22,29H,14-15H2,1H3,(H,35,36)/t29-/m1/s1. The van der Waals surface area contributed by atoms with Crippen molar-refractivity contribution in [3.63, 3.8) is 0 Å². The zero-order valence-electron chi connectivity index (χ0n) is 20.9. The number of imidazole rings is 1. The van der Waals surface area contributed by atoms with Gasteiger partial charge in [-0.25, -0.2) is 14.6 Å². The van der Waals surface area contributed by atoms with Gasteiger partial charge in [-0.2, -0.15) is 0 Å². The Balaban J connectivity index is 1.44. The Bertz CT molecular complexity index is 1650. The Kier molecular flexibility index (Phi) is 6.00. The molecule has 1 N–H and O–H groups in total. The molecular weight excluding hydrogens is 476 g/mol. The number of carbonyl (C=O) groups excluding carboxylic acids is 1. The van der Waals surface area contributed by atoms with Gasteiger partial charge in [-0.1, -0.05) is 66.7 Å². The molecule has 5 aromatic rings. The lowest BCUT2D eigenvalue weighted by atomic mass is 9.96. The highest BCUT2D eigenvalue weighted by atomic mass is 16.5. The van der Waals surface area contributed by atoms with Crippen LogP contribution in [0.25, 0.3) is 16.8 Å². The molecule has 38 heavy (non-hydrogen) atoms. The second-order valence-electron chi connectivity index (χ2n) is 9.70. The quantitative estimate of drug-likeness (QED) is 0.247. The highest BCUT2D eigenvalue weighted by Gasteiger charge is 2.29. The lowest BCUT2D eigenvalue weighted by Gasteiger charge is -2.21. The summed E-state index contributed by atoms with van der Waals surface area (Å²) < 4.78 is 8.21. The molecule has 0 spiro atoms. The molecule has 2 aromatic heterocycles. The maximum atomic E-state index is 13.2. The van der Waals surface area contributed by atoms with Crippen molar-refractivity contribution >= 4 is 17.6 Å². The smallest absolute Gasteiger partial charge is 0.339 e. The number of hydrogen-bond acceptors (Lipinski definition) is 4. The van der Waals surface area contributed by atoms with Gasteiger partial charge in [-0.15, -0.1) is 0 Å². The minimum Gasteiger partial charge on any atom is -0.478 e. The van der Waals surface area contributed by atoms with Crippen LogP contribution in [0.4, 0.5) is 0 Å². The predicted octanol–water partition coefficient (Wildman–Crippen LogP) is 6.83. The van der Waals surface area contributed by atoms with Crippen LogP contribution in [-0.4, -0.2) is 26.4 Å². The second-order valence-corrected chi connectivity index (χ2v) is 9.70. The number of rotatable bonds is 7. The number of carboxylic acids is 1. The summed E-state index contributed by atoms with van der Waals surface area (Å²) >= 11 is 0. The van der Waals surface area contributed by atoms with Crippen LogP contribution < -0.4 is 0 Å². The van der Waals surface area contributed by atoms with Crippen molar-refractivity contribution in [1.82, 2.24) is 9.38 Å². The lowest BCUT2D eigenvalue weighted by molar-refractivity contribution is 0.0368. The fourth-order valence-corrected chi connectivity index (χ4v) is 4.84. The molecule has 188 valence electrons. The van der Waals surface area contributed by atoms with E-state index in [1.165, 1.54) is 0 Å². The molecule has 0 radical (unpaired) electrons. The third-order valence-corrected chi connectivity index (χ3v) is 7.04. The summed E-state index contributed by atoms with van der Waals surface area (Å²) in [5, 5.41) is 9.63. The zero-order chi connectivity index (χ0) is 26.2. The van der Waals surface area contributed by atoms with Crippen LogP contribution in [0, 0.1) is 6.92 Å². The van der Waals surface area contributed by atoms with Gasteiger partial charge in [0.2, 0.25) is 0 Å². The molecule has 6 rings (SSSR count). The maximum Gasteiger partial charge on any atom is 0.339 e. The molecule has 0 unspecified atom stereocenters. The van der Waals surface area contributed by atoms with Gasteiger partial charge in [0, 0.05) is 12.1 Å². The lowest BCUT2D eigenvalue weighted by Crippen LogP contribution is -2.16. The van der Waals surface area contributed by atoms with E-state index >= 15 is 0 Å². The first-order valence-corrected chi connectivity index (χ1v) is 12.7. The number of ether oxygens (including phenoxy) is 1. The minimum absolute atomic E-state index is 0.235. The molecule has 1 aliphatic rings. The molecule has 1 fully saturated rings. The van der Waals surface area contributed by atoms with Gasteiger partial charge in [0.25, 0.3) is 0 Å². The molecular formula is C32H26N2O4. The molecule has 6 heteroatoms. The van der Waals surface area contributed by atoms with Crippen LogP contribution in [0.2, 0.25) is 0 Å². The number of hydrogen-bond donors (Lipinski definition) is 1. The van der Waals surface area contributed by atoms with E-state index in [-0.39, 0.29) is 5.56 Å². The van der Waals surface area contributed by atoms with Gasteiger partial charge in [-0.05, 0) is 66.3 Å². The van der Waals surface area contributed by atoms with Crippen molar-refractivity contribution in [2.75, 3.05) is 0 Å². The minimum atomic E-state index is -0.979. The van der Waals surface area contributed by atoms with Crippen molar-refractivity contribution in [2.45, 2.75) is 31.8 Å². The number of aryl methyl sites for hydroxylation is 1. The van der Waals surface area contributed by atoms with Gasteiger partial charge in [0.1, 0.15) is 5.65 Å². The number of carbonyl (C=O) groups is 2. The molecule has 6 nitrogen and oxygen atoms in total. The van der Waals surface area contributed by atoms with Crippen molar-refractivity contribution in [2.24, 2.45) is 0 Å². The number of benzene rings is 3. The monoisotopic (exact) mass is 502 g/mol. The fraction of sp³-hybridized carbons (Fsp3) is 0.156. The third kappa shape index (κ3) is 4.45. The largest absolute Gasteiger partial charge is 0.478 e. The number of fused-ring (bicyclic) bond motifs is 1. The van der Waals surface area contributed by atoms with E-state index < -0.39 is 18.0 Å². The summed E-state index contributed by atoms with van der Waals surface area (Å²) in [6.45, 7) is 2.03. The maximum absolute atomic E-state index is 13.2. The molecule has 0 saturated heterocycles. The van der Waals surface area contributed by atoms with E-state index in [2.05, 4.69) is 6.20 Å². The summed E-state index contributed by atoms with van der Waals surface area (Å²) in [5.74, 6) is -0.916. The Morgan fingerprint density at radius 1 is 0.921 bits per heavy atom. The van der Waals surface area contributed by atoms with Gasteiger partial charge in [0.05, 0.1) is 22.5 Å². The number of nitrogens with zero attached hydrogens (tertiary/aromatic N) is 2. The summed E-state index contributed by atoms with van der Waals surface area (Å²) in [6, 6.07) is 27.4. The average molecular weight is 503 g/mol. The molecule has 0 bridgehead atoms. The second kappa shape index (κ2) is 9.63. The van der Waals surface area contributed by atoms with E-state index in [1.807, 2.05) is 72.0 Å². The first-order valence-electron chi connectivity index (χ1n) is 12.7. The normalized spacial score (nSPS) is 13.8. The Labute approximate surface area is 220 Å². The van der Waals surface area contributed by atoms with E-state index in [0.29, 0.717) is 17.0 Å². The molecule has 2 heterocycles. The van der Waals surface area contributed by atoms with Crippen LogP contribution in [0.5, 0.6) is 0 Å². The van der Waals surface area contributed by atoms with E-state index in [0.717, 1.165) is 46.6 Å². The first-order chi connectivity index (χ1) is 18.5. The van der Waals surface area contributed by atoms with Crippen molar-refractivity contribution in [1.29, 1.82) is 0 Å². The fourth-order valence-electron chi connectivity index (χ4n) is 4.84. The molecule has 1 aliphatic carbocycles. The first kappa shape index (κ1) is 23.7. The topological polar surface area (TPSA) is 80.9 Å². The molecule has 0 amide bonds. The third-order valence-electron chi connectivity index (χ3n) is 7.04. The molecule has 3 aromatic carbocycles. The van der Waals surface area contributed by atoms with Crippen molar-refractivity contribution in [3.05, 3.63) is 131 Å². The van der Waals surface area contributed by atoms with Crippen LogP contribution in [0.15, 0.2) is 97.2 Å². The average Bonchev–Trinajstić information content (AvgIpc) is 3.70. The summed E-state index contributed by atoms with van der Waals surface area (Å²) in [4.78, 5) is 29.9. The molecule has 1 atom stereocenters. The Hall–Kier alpha value is -4.71. The number of pyridine rings is 1. The summed E-state index contributed by atoms with van der Waals surface area (Å²) in [6.07, 6.45) is 3.65. The van der Waals surface area contributed by atoms with Gasteiger partial charge < -0.3 is 9.84 Å². The van der Waals surface area contributed by atoms with E-state index in [1.54, 1.807) is 30.3 Å². The van der Waals surface area contributed by atoms with Gasteiger partial charge in [-0.3, -0.25) is 4.40 Å². The number of esters is 1. The van der Waals surface area contributed by atoms with Crippen molar-refractivity contribution < 1.29 is 19.4 Å². The Morgan fingerprint density at radius 3 is 2.34 bits per heavy atom. The predicted molar refractivity (Wildman–Crippen MR) is 144 cm³/mol. The van der Waals surface area contributed by atoms with Crippen LogP contribution >= 0.6 is 0 Å².